The van der Waals surface area contributed by atoms with Gasteiger partial charge in [-0.3, -0.25) is 0 Å². The van der Waals surface area contributed by atoms with E-state index < -0.39 is 11.9 Å². The van der Waals surface area contributed by atoms with Crippen LogP contribution in [0.3, 0.4) is 0 Å². The average molecular weight is 568 g/mol. The fourth-order valence-electron chi connectivity index (χ4n) is 3.02. The molecule has 0 saturated heterocycles. The van der Waals surface area contributed by atoms with Crippen molar-refractivity contribution in [2.24, 2.45) is 0 Å². The molecule has 220 valence electrons. The Balaban J connectivity index is 2.62. The third kappa shape index (κ3) is 14.3. The van der Waals surface area contributed by atoms with Gasteiger partial charge in [-0.2, -0.15) is 0 Å². The predicted molar refractivity (Wildman–Crippen MR) is 137 cm³/mol. The fraction of sp³-hybridized carbons (Fsp3) is 0.833. The first-order valence-electron chi connectivity index (χ1n) is 12.7. The zero-order valence-corrected chi connectivity index (χ0v) is 23.6. The number of carbonyl (C=O) groups excluding carboxylic acids is 2. The number of hydrogen-bond acceptors (Lipinski definition) is 12. The summed E-state index contributed by atoms with van der Waals surface area (Å²) in [6.07, 6.45) is 1.25. The van der Waals surface area contributed by atoms with Crippen LogP contribution in [0.4, 0.5) is 0 Å². The fourth-order valence-corrected chi connectivity index (χ4v) is 3.28. The number of hydrogen-bond donors (Lipinski definition) is 0. The Morgan fingerprint density at radius 1 is 0.763 bits per heavy atom. The molecule has 2 unspecified atom stereocenters. The molecule has 0 aromatic carbocycles. The molecule has 0 fully saturated rings. The van der Waals surface area contributed by atoms with Crippen molar-refractivity contribution < 1.29 is 47.5 Å². The van der Waals surface area contributed by atoms with Gasteiger partial charge in [0.1, 0.15) is 13.2 Å². The number of nitrogens with zero attached hydrogens (tertiary/aromatic N) is 3. The predicted octanol–water partition coefficient (Wildman–Crippen LogP) is 1.92. The molecule has 13 nitrogen and oxygen atoms in total. The molecule has 0 aliphatic heterocycles. The quantitative estimate of drug-likeness (QED) is 0.102. The lowest BCUT2D eigenvalue weighted by Crippen LogP contribution is -2.23. The Morgan fingerprint density at radius 3 is 1.68 bits per heavy atom. The molecular weight excluding hydrogens is 526 g/mol. The Hall–Kier alpha value is -1.87. The molecule has 14 heteroatoms. The summed E-state index contributed by atoms with van der Waals surface area (Å²) in [5.41, 5.74) is -0.335. The molecule has 0 amide bonds. The molecular formula is C24H42ClN3O10. The number of esters is 2. The lowest BCUT2D eigenvalue weighted by Gasteiger charge is -2.17. The molecule has 0 aliphatic rings. The van der Waals surface area contributed by atoms with Crippen LogP contribution in [0.5, 0.6) is 0 Å². The van der Waals surface area contributed by atoms with Gasteiger partial charge in [-0.15, -0.1) is 16.7 Å². The third-order valence-electron chi connectivity index (χ3n) is 5.07. The number of ether oxygens (including phenoxy) is 8. The molecule has 1 rings (SSSR count). The number of methoxy groups -OCH3 is 2. The highest BCUT2D eigenvalue weighted by Crippen LogP contribution is 2.22. The molecule has 1 aromatic heterocycles. The zero-order valence-electron chi connectivity index (χ0n) is 22.9. The van der Waals surface area contributed by atoms with Crippen LogP contribution in [0.15, 0.2) is 0 Å². The Bertz CT molecular complexity index is 768. The third-order valence-corrected chi connectivity index (χ3v) is 5.55. The first kappa shape index (κ1) is 34.2. The summed E-state index contributed by atoms with van der Waals surface area (Å²) in [6, 6.07) is -0.309. The van der Waals surface area contributed by atoms with Gasteiger partial charge in [-0.25, -0.2) is 14.3 Å². The maximum absolute atomic E-state index is 12.9. The van der Waals surface area contributed by atoms with E-state index in [0.29, 0.717) is 59.3 Å². The molecule has 2 atom stereocenters. The first-order valence-corrected chi connectivity index (χ1v) is 13.1. The van der Waals surface area contributed by atoms with Gasteiger partial charge in [0.15, 0.2) is 5.69 Å². The van der Waals surface area contributed by atoms with E-state index in [0.717, 1.165) is 6.42 Å². The normalized spacial score (nSPS) is 12.9. The molecule has 1 aromatic rings. The van der Waals surface area contributed by atoms with Gasteiger partial charge >= 0.3 is 11.9 Å². The highest BCUT2D eigenvalue weighted by molar-refractivity contribution is 6.20. The van der Waals surface area contributed by atoms with Gasteiger partial charge in [-0.05, 0) is 19.8 Å². The molecule has 38 heavy (non-hydrogen) atoms. The monoisotopic (exact) mass is 567 g/mol. The standard InChI is InChI=1S/C24H42ClN3O10/c1-5-20(25)18-19(2)28-22(24(30)38-17-15-36-13-11-34-9-7-32-4)21(26-27-28)23(29)37-16-14-35-12-10-33-8-6-31-3/h19-20H,5-18H2,1-4H3. The molecule has 0 saturated carbocycles. The number of aromatic nitrogens is 3. The van der Waals surface area contributed by atoms with E-state index >= 15 is 0 Å². The molecule has 1 heterocycles. The Kier molecular flexibility index (Phi) is 19.8. The smallest absolute Gasteiger partial charge is 0.361 e. The molecule has 0 aliphatic carbocycles. The molecule has 0 bridgehead atoms. The highest BCUT2D eigenvalue weighted by atomic mass is 35.5. The van der Waals surface area contributed by atoms with Crippen LogP contribution in [-0.4, -0.2) is 126 Å². The summed E-state index contributed by atoms with van der Waals surface area (Å²) >= 11 is 6.30. The largest absolute Gasteiger partial charge is 0.458 e. The molecule has 0 spiro atoms. The Labute approximate surface area is 229 Å². The topological polar surface area (TPSA) is 139 Å². The highest BCUT2D eigenvalue weighted by Gasteiger charge is 2.30. The van der Waals surface area contributed by atoms with Gasteiger partial charge in [-0.1, -0.05) is 12.1 Å². The van der Waals surface area contributed by atoms with Crippen molar-refractivity contribution in [1.29, 1.82) is 0 Å². The number of rotatable bonds is 24. The van der Waals surface area contributed by atoms with Gasteiger partial charge < -0.3 is 37.9 Å². The minimum absolute atomic E-state index is 0.0294. The second-order valence-corrected chi connectivity index (χ2v) is 8.65. The van der Waals surface area contributed by atoms with Crippen molar-refractivity contribution >= 4 is 23.5 Å². The summed E-state index contributed by atoms with van der Waals surface area (Å²) in [4.78, 5) is 25.6. The van der Waals surface area contributed by atoms with Crippen molar-refractivity contribution in [2.45, 2.75) is 38.1 Å². The van der Waals surface area contributed by atoms with Gasteiger partial charge in [0.25, 0.3) is 0 Å². The number of halogens is 1. The summed E-state index contributed by atoms with van der Waals surface area (Å²) in [7, 11) is 3.19. The maximum atomic E-state index is 12.9. The Morgan fingerprint density at radius 2 is 1.21 bits per heavy atom. The summed E-state index contributed by atoms with van der Waals surface area (Å²) in [5, 5.41) is 7.79. The van der Waals surface area contributed by atoms with Crippen LogP contribution in [0.2, 0.25) is 0 Å². The zero-order chi connectivity index (χ0) is 28.0. The van der Waals surface area contributed by atoms with E-state index in [1.54, 1.807) is 14.2 Å². The number of carbonyl (C=O) groups is 2. The SMILES string of the molecule is CCC(Cl)CC(C)n1nnc(C(=O)OCCOCCOCCOC)c1C(=O)OCCOCCOCCOC. The van der Waals surface area contributed by atoms with E-state index in [1.165, 1.54) is 4.68 Å². The lowest BCUT2D eigenvalue weighted by atomic mass is 10.1. The van der Waals surface area contributed by atoms with Gasteiger partial charge in [0.05, 0.1) is 72.1 Å². The van der Waals surface area contributed by atoms with E-state index in [9.17, 15) is 9.59 Å². The van der Waals surface area contributed by atoms with E-state index in [4.69, 9.17) is 49.5 Å². The summed E-state index contributed by atoms with van der Waals surface area (Å²) in [6.45, 7) is 7.45. The summed E-state index contributed by atoms with van der Waals surface area (Å²) in [5.74, 6) is -1.57. The van der Waals surface area contributed by atoms with E-state index in [1.807, 2.05) is 13.8 Å². The van der Waals surface area contributed by atoms with E-state index in [-0.39, 0.29) is 49.2 Å². The average Bonchev–Trinajstić information content (AvgIpc) is 3.36. The lowest BCUT2D eigenvalue weighted by molar-refractivity contribution is 0.00376. The van der Waals surface area contributed by atoms with Gasteiger partial charge in [0, 0.05) is 19.6 Å². The van der Waals surface area contributed by atoms with Crippen LogP contribution in [0.1, 0.15) is 53.7 Å². The van der Waals surface area contributed by atoms with Gasteiger partial charge in [0.2, 0.25) is 5.69 Å². The van der Waals surface area contributed by atoms with Crippen LogP contribution in [0.25, 0.3) is 0 Å². The van der Waals surface area contributed by atoms with Crippen LogP contribution >= 0.6 is 11.6 Å². The second kappa shape index (κ2) is 22.0. The first-order chi connectivity index (χ1) is 18.5. The van der Waals surface area contributed by atoms with Crippen molar-refractivity contribution in [2.75, 3.05) is 93.5 Å². The van der Waals surface area contributed by atoms with Crippen molar-refractivity contribution in [3.05, 3.63) is 11.4 Å². The second-order valence-electron chi connectivity index (χ2n) is 8.03. The minimum Gasteiger partial charge on any atom is -0.458 e. The minimum atomic E-state index is -0.808. The molecule has 0 N–H and O–H groups in total. The van der Waals surface area contributed by atoms with Crippen molar-refractivity contribution in [3.63, 3.8) is 0 Å². The molecule has 0 radical (unpaired) electrons. The van der Waals surface area contributed by atoms with Crippen LogP contribution in [0, 0.1) is 0 Å². The summed E-state index contributed by atoms with van der Waals surface area (Å²) < 4.78 is 43.0. The van der Waals surface area contributed by atoms with Crippen LogP contribution < -0.4 is 0 Å². The van der Waals surface area contributed by atoms with Crippen molar-refractivity contribution in [1.82, 2.24) is 15.0 Å². The van der Waals surface area contributed by atoms with E-state index in [2.05, 4.69) is 10.3 Å². The van der Waals surface area contributed by atoms with Crippen LogP contribution in [-0.2, 0) is 37.9 Å². The number of alkyl halides is 1. The maximum Gasteiger partial charge on any atom is 0.361 e. The van der Waals surface area contributed by atoms with Crippen molar-refractivity contribution in [3.8, 4) is 0 Å².